The first-order valence-corrected chi connectivity index (χ1v) is 6.17. The fourth-order valence-electron chi connectivity index (χ4n) is 1.80. The van der Waals surface area contributed by atoms with Crippen molar-refractivity contribution in [3.8, 4) is 5.75 Å². The van der Waals surface area contributed by atoms with Gasteiger partial charge in [-0.25, -0.2) is 8.78 Å². The summed E-state index contributed by atoms with van der Waals surface area (Å²) in [6.45, 7) is 0. The van der Waals surface area contributed by atoms with Crippen LogP contribution in [0.5, 0.6) is 5.75 Å². The summed E-state index contributed by atoms with van der Waals surface area (Å²) in [6.07, 6.45) is -2.63. The van der Waals surface area contributed by atoms with Crippen LogP contribution >= 0.6 is 11.6 Å². The van der Waals surface area contributed by atoms with Crippen LogP contribution in [-0.4, -0.2) is 7.11 Å². The predicted octanol–water partition coefficient (Wildman–Crippen LogP) is 4.61. The Kier molecular flexibility index (Phi) is 4.29. The molecule has 2 rings (SSSR count). The Morgan fingerprint density at radius 2 is 1.90 bits per heavy atom. The molecule has 0 amide bonds. The first-order chi connectivity index (χ1) is 9.51. The largest absolute Gasteiger partial charge is 0.495 e. The van der Waals surface area contributed by atoms with E-state index in [-0.39, 0.29) is 16.9 Å². The van der Waals surface area contributed by atoms with Gasteiger partial charge in [-0.1, -0.05) is 11.6 Å². The Bertz CT molecular complexity index is 620. The van der Waals surface area contributed by atoms with Crippen molar-refractivity contribution in [2.75, 3.05) is 18.2 Å². The Morgan fingerprint density at radius 3 is 2.55 bits per heavy atom. The highest BCUT2D eigenvalue weighted by Crippen LogP contribution is 2.35. The van der Waals surface area contributed by atoms with Gasteiger partial charge in [0.05, 0.1) is 12.8 Å². The van der Waals surface area contributed by atoms with Crippen LogP contribution in [0.1, 0.15) is 12.0 Å². The third-order valence-corrected chi connectivity index (χ3v) is 2.98. The molecule has 0 fully saturated rings. The molecule has 0 saturated carbocycles. The zero-order valence-corrected chi connectivity index (χ0v) is 11.4. The maximum atomic E-state index is 13.0. The van der Waals surface area contributed by atoms with Crippen LogP contribution in [0.4, 0.5) is 25.8 Å². The lowest BCUT2D eigenvalue weighted by atomic mass is 10.1. The molecular weight excluding hydrogens is 286 g/mol. The number of hydrogen-bond acceptors (Lipinski definition) is 3. The molecule has 2 aromatic rings. The zero-order valence-electron chi connectivity index (χ0n) is 10.7. The average Bonchev–Trinajstić information content (AvgIpc) is 2.41. The second-order valence-corrected chi connectivity index (χ2v) is 4.55. The number of halogens is 3. The molecule has 0 aliphatic rings. The highest BCUT2D eigenvalue weighted by atomic mass is 35.5. The number of nitrogens with one attached hydrogen (secondary N) is 1. The van der Waals surface area contributed by atoms with Crippen LogP contribution < -0.4 is 15.8 Å². The molecule has 0 aromatic heterocycles. The van der Waals surface area contributed by atoms with Gasteiger partial charge >= 0.3 is 0 Å². The Hall–Kier alpha value is -2.01. The van der Waals surface area contributed by atoms with Crippen molar-refractivity contribution >= 4 is 28.7 Å². The Morgan fingerprint density at radius 1 is 1.15 bits per heavy atom. The summed E-state index contributed by atoms with van der Waals surface area (Å²) in [4.78, 5) is 0. The molecule has 106 valence electrons. The highest BCUT2D eigenvalue weighted by Gasteiger charge is 2.15. The molecule has 20 heavy (non-hydrogen) atoms. The highest BCUT2D eigenvalue weighted by molar-refractivity contribution is 6.31. The van der Waals surface area contributed by atoms with Gasteiger partial charge in [0, 0.05) is 22.0 Å². The zero-order chi connectivity index (χ0) is 14.7. The maximum absolute atomic E-state index is 13.0. The van der Waals surface area contributed by atoms with Crippen molar-refractivity contribution in [3.05, 3.63) is 47.0 Å². The number of nitrogen functional groups attached to an aromatic ring is 1. The van der Waals surface area contributed by atoms with E-state index < -0.39 is 6.43 Å². The minimum atomic E-state index is -2.63. The van der Waals surface area contributed by atoms with E-state index in [1.807, 2.05) is 0 Å². The van der Waals surface area contributed by atoms with Gasteiger partial charge in [-0.3, -0.25) is 0 Å². The lowest BCUT2D eigenvalue weighted by Gasteiger charge is -2.15. The molecule has 0 aliphatic heterocycles. The Balaban J connectivity index is 2.42. The van der Waals surface area contributed by atoms with Crippen LogP contribution in [0.15, 0.2) is 36.4 Å². The second-order valence-electron chi connectivity index (χ2n) is 4.12. The molecular formula is C14H13ClF2N2O. The van der Waals surface area contributed by atoms with Crippen molar-refractivity contribution in [1.82, 2.24) is 0 Å². The van der Waals surface area contributed by atoms with E-state index in [4.69, 9.17) is 22.1 Å². The van der Waals surface area contributed by atoms with Crippen LogP contribution in [0.2, 0.25) is 5.02 Å². The van der Waals surface area contributed by atoms with E-state index in [0.717, 1.165) is 0 Å². The molecule has 2 aromatic carbocycles. The van der Waals surface area contributed by atoms with E-state index in [1.54, 1.807) is 24.3 Å². The quantitative estimate of drug-likeness (QED) is 0.810. The van der Waals surface area contributed by atoms with Crippen molar-refractivity contribution in [3.63, 3.8) is 0 Å². The first-order valence-electron chi connectivity index (χ1n) is 5.79. The SMILES string of the molecule is COc1ccc(Cl)cc1Nc1ccc(N)cc1C(F)F. The average molecular weight is 299 g/mol. The summed E-state index contributed by atoms with van der Waals surface area (Å²) < 4.78 is 31.2. The number of nitrogens with two attached hydrogens (primary N) is 1. The smallest absolute Gasteiger partial charge is 0.265 e. The minimum Gasteiger partial charge on any atom is -0.495 e. The van der Waals surface area contributed by atoms with Gasteiger partial charge in [-0.15, -0.1) is 0 Å². The van der Waals surface area contributed by atoms with Crippen molar-refractivity contribution in [1.29, 1.82) is 0 Å². The third-order valence-electron chi connectivity index (χ3n) is 2.74. The maximum Gasteiger partial charge on any atom is 0.265 e. The summed E-state index contributed by atoms with van der Waals surface area (Å²) in [5, 5.41) is 3.37. The summed E-state index contributed by atoms with van der Waals surface area (Å²) in [7, 11) is 1.49. The van der Waals surface area contributed by atoms with Gasteiger partial charge in [0.2, 0.25) is 0 Å². The number of benzene rings is 2. The topological polar surface area (TPSA) is 47.3 Å². The summed E-state index contributed by atoms with van der Waals surface area (Å²) >= 11 is 5.90. The molecule has 6 heteroatoms. The predicted molar refractivity (Wildman–Crippen MR) is 77.1 cm³/mol. The second kappa shape index (κ2) is 5.96. The molecule has 0 atom stereocenters. The molecule has 0 spiro atoms. The van der Waals surface area contributed by atoms with Crippen molar-refractivity contribution in [2.45, 2.75) is 6.43 Å². The van der Waals surface area contributed by atoms with Crippen LogP contribution in [0, 0.1) is 0 Å². The van der Waals surface area contributed by atoms with Crippen molar-refractivity contribution in [2.24, 2.45) is 0 Å². The fraction of sp³-hybridized carbons (Fsp3) is 0.143. The molecule has 0 bridgehead atoms. The monoisotopic (exact) mass is 298 g/mol. The summed E-state index contributed by atoms with van der Waals surface area (Å²) in [5.41, 5.74) is 6.40. The van der Waals surface area contributed by atoms with Gasteiger partial charge in [0.15, 0.2) is 0 Å². The number of hydrogen-bond donors (Lipinski definition) is 2. The normalized spacial score (nSPS) is 10.7. The third kappa shape index (κ3) is 3.11. The van der Waals surface area contributed by atoms with E-state index in [1.165, 1.54) is 19.2 Å². The molecule has 0 unspecified atom stereocenters. The molecule has 0 heterocycles. The molecule has 3 nitrogen and oxygen atoms in total. The van der Waals surface area contributed by atoms with Crippen LogP contribution in [0.3, 0.4) is 0 Å². The lowest BCUT2D eigenvalue weighted by molar-refractivity contribution is 0.152. The van der Waals surface area contributed by atoms with E-state index in [9.17, 15) is 8.78 Å². The number of ether oxygens (including phenoxy) is 1. The number of alkyl halides is 2. The van der Waals surface area contributed by atoms with Gasteiger partial charge in [-0.05, 0) is 36.4 Å². The van der Waals surface area contributed by atoms with E-state index in [2.05, 4.69) is 5.32 Å². The molecule has 3 N–H and O–H groups in total. The minimum absolute atomic E-state index is 0.174. The van der Waals surface area contributed by atoms with Gasteiger partial charge in [-0.2, -0.15) is 0 Å². The van der Waals surface area contributed by atoms with Gasteiger partial charge in [0.25, 0.3) is 6.43 Å². The van der Waals surface area contributed by atoms with Gasteiger partial charge in [0.1, 0.15) is 5.75 Å². The van der Waals surface area contributed by atoms with Gasteiger partial charge < -0.3 is 15.8 Å². The summed E-state index contributed by atoms with van der Waals surface area (Å²) in [5.74, 6) is 0.506. The van der Waals surface area contributed by atoms with E-state index in [0.29, 0.717) is 16.5 Å². The number of rotatable bonds is 4. The van der Waals surface area contributed by atoms with Crippen LogP contribution in [-0.2, 0) is 0 Å². The van der Waals surface area contributed by atoms with Crippen molar-refractivity contribution < 1.29 is 13.5 Å². The molecule has 0 aliphatic carbocycles. The summed E-state index contributed by atoms with van der Waals surface area (Å²) in [6, 6.07) is 9.20. The number of methoxy groups -OCH3 is 1. The number of anilines is 3. The standard InChI is InChI=1S/C14H13ClF2N2O/c1-20-13-5-2-8(15)6-12(13)19-11-4-3-9(18)7-10(11)14(16)17/h2-7,14,19H,18H2,1H3. The van der Waals surface area contributed by atoms with E-state index >= 15 is 0 Å². The fourth-order valence-corrected chi connectivity index (χ4v) is 1.97. The molecule has 0 saturated heterocycles. The molecule has 0 radical (unpaired) electrons. The Labute approximate surface area is 120 Å². The lowest BCUT2D eigenvalue weighted by Crippen LogP contribution is -2.00. The first kappa shape index (κ1) is 14.4. The van der Waals surface area contributed by atoms with Crippen LogP contribution in [0.25, 0.3) is 0 Å².